The molecule has 1 saturated heterocycles. The first kappa shape index (κ1) is 54.7. The topological polar surface area (TPSA) is 330 Å². The highest BCUT2D eigenvalue weighted by molar-refractivity contribution is 6.01. The van der Waals surface area contributed by atoms with Crippen molar-refractivity contribution in [3.05, 3.63) is 131 Å². The number of aliphatic hydroxyl groups is 4. The predicted molar refractivity (Wildman–Crippen MR) is 263 cm³/mol. The Labute approximate surface area is 434 Å². The Morgan fingerprint density at radius 3 is 2.13 bits per heavy atom. The number of fused-ring (bicyclic) bond motifs is 6. The van der Waals surface area contributed by atoms with Crippen LogP contribution in [-0.4, -0.2) is 172 Å². The van der Waals surface area contributed by atoms with E-state index in [2.05, 4.69) is 32.8 Å². The number of aromatic nitrogens is 3. The third kappa shape index (κ3) is 13.1. The van der Waals surface area contributed by atoms with E-state index in [0.717, 1.165) is 11.6 Å². The van der Waals surface area contributed by atoms with Crippen molar-refractivity contribution in [2.75, 3.05) is 71.3 Å². The number of aliphatic hydroxyl groups excluding tert-OH is 4. The van der Waals surface area contributed by atoms with E-state index in [-0.39, 0.29) is 53.9 Å². The van der Waals surface area contributed by atoms with Gasteiger partial charge in [-0.15, -0.1) is 5.10 Å². The van der Waals surface area contributed by atoms with Gasteiger partial charge in [0.15, 0.2) is 11.9 Å². The molecule has 3 aliphatic rings. The van der Waals surface area contributed by atoms with E-state index in [1.54, 1.807) is 42.6 Å². The highest BCUT2D eigenvalue weighted by Crippen LogP contribution is 2.57. The molecule has 3 amide bonds. The van der Waals surface area contributed by atoms with Crippen LogP contribution in [-0.2, 0) is 67.8 Å². The van der Waals surface area contributed by atoms with Crippen LogP contribution >= 0.6 is 0 Å². The number of hydrogen-bond acceptors (Lipinski definition) is 20. The first-order valence-electron chi connectivity index (χ1n) is 24.3. The number of esters is 1. The SMILES string of the molecule is C=CC(=O)N[C@@H](Cc1cn(CCOCCOCCOCCOc2ccc(CCO[C@@H]3O[C@H](CO)[C@@H](O)[C@H](O)[C@H]3O)cc2)nn1)C(=O)NCC(=O)Nc1ccc2c(c1)C(=O)OC21c2ccc(O)cc2Oc2cc(O)ccc21. The Bertz CT molecular complexity index is 2790. The number of nitrogens with one attached hydrogen (secondary N) is 3. The van der Waals surface area contributed by atoms with Crippen LogP contribution in [0.4, 0.5) is 5.69 Å². The number of rotatable bonds is 26. The smallest absolute Gasteiger partial charge is 0.340 e. The van der Waals surface area contributed by atoms with E-state index in [4.69, 9.17) is 37.9 Å². The number of amides is 3. The zero-order valence-electron chi connectivity index (χ0n) is 40.9. The first-order valence-corrected chi connectivity index (χ1v) is 24.3. The third-order valence-corrected chi connectivity index (χ3v) is 12.4. The summed E-state index contributed by atoms with van der Waals surface area (Å²) < 4.78 is 47.0. The summed E-state index contributed by atoms with van der Waals surface area (Å²) in [5.74, 6) is -1.72. The Kier molecular flexibility index (Phi) is 18.3. The van der Waals surface area contributed by atoms with Crippen molar-refractivity contribution in [1.29, 1.82) is 0 Å². The lowest BCUT2D eigenvalue weighted by molar-refractivity contribution is -0.300. The number of aromatic hydroxyl groups is 2. The molecular weight excluding hydrogens is 997 g/mol. The van der Waals surface area contributed by atoms with Crippen LogP contribution in [0.5, 0.6) is 28.7 Å². The molecule has 4 aromatic carbocycles. The van der Waals surface area contributed by atoms with Crippen molar-refractivity contribution in [2.45, 2.75) is 61.7 Å². The normalized spacial score (nSPS) is 19.3. The maximum atomic E-state index is 13.5. The summed E-state index contributed by atoms with van der Waals surface area (Å²) in [5, 5.41) is 75.6. The zero-order chi connectivity index (χ0) is 53.8. The summed E-state index contributed by atoms with van der Waals surface area (Å²) in [6.45, 7) is 5.19. The zero-order valence-corrected chi connectivity index (χ0v) is 40.9. The largest absolute Gasteiger partial charge is 0.508 e. The van der Waals surface area contributed by atoms with Gasteiger partial charge in [-0.2, -0.15) is 0 Å². The first-order chi connectivity index (χ1) is 36.8. The Balaban J connectivity index is 0.700. The minimum Gasteiger partial charge on any atom is -0.508 e. The molecule has 24 nitrogen and oxygen atoms in total. The molecule has 1 aromatic heterocycles. The van der Waals surface area contributed by atoms with Gasteiger partial charge in [0, 0.05) is 47.1 Å². The van der Waals surface area contributed by atoms with E-state index >= 15 is 0 Å². The van der Waals surface area contributed by atoms with Crippen LogP contribution in [0, 0.1) is 0 Å². The monoisotopic (exact) mass is 1050 g/mol. The van der Waals surface area contributed by atoms with Gasteiger partial charge in [0.1, 0.15) is 65.8 Å². The highest BCUT2D eigenvalue weighted by Gasteiger charge is 2.54. The molecule has 0 unspecified atom stereocenters. The summed E-state index contributed by atoms with van der Waals surface area (Å²) in [6.07, 6.45) is -3.59. The second-order valence-corrected chi connectivity index (χ2v) is 17.7. The van der Waals surface area contributed by atoms with Crippen LogP contribution in [0.3, 0.4) is 0 Å². The van der Waals surface area contributed by atoms with Crippen molar-refractivity contribution in [1.82, 2.24) is 25.6 Å². The van der Waals surface area contributed by atoms with Gasteiger partial charge >= 0.3 is 5.97 Å². The number of phenolic OH excluding ortho intramolecular Hbond substituents is 2. The minimum absolute atomic E-state index is 0.0635. The molecule has 3 aliphatic heterocycles. The molecule has 4 heterocycles. The van der Waals surface area contributed by atoms with Crippen LogP contribution in [0.1, 0.15) is 38.3 Å². The van der Waals surface area contributed by atoms with Crippen LogP contribution < -0.4 is 25.4 Å². The fraction of sp³-hybridized carbons (Fsp3) is 0.385. The van der Waals surface area contributed by atoms with Crippen molar-refractivity contribution in [3.63, 3.8) is 0 Å². The molecule has 0 radical (unpaired) electrons. The van der Waals surface area contributed by atoms with Crippen LogP contribution in [0.25, 0.3) is 0 Å². The maximum absolute atomic E-state index is 13.5. The van der Waals surface area contributed by atoms with Crippen molar-refractivity contribution in [2.24, 2.45) is 0 Å². The average Bonchev–Trinajstić information content (AvgIpc) is 4.18. The molecular formula is C52H58N6O18. The number of hydrogen-bond donors (Lipinski definition) is 9. The second-order valence-electron chi connectivity index (χ2n) is 17.7. The molecule has 404 valence electrons. The summed E-state index contributed by atoms with van der Waals surface area (Å²) in [6, 6.07) is 19.6. The second kappa shape index (κ2) is 25.3. The molecule has 0 saturated carbocycles. The summed E-state index contributed by atoms with van der Waals surface area (Å²) in [7, 11) is 0. The van der Waals surface area contributed by atoms with E-state index < -0.39 is 79.2 Å². The molecule has 0 bridgehead atoms. The fourth-order valence-corrected chi connectivity index (χ4v) is 8.64. The van der Waals surface area contributed by atoms with Crippen LogP contribution in [0.2, 0.25) is 0 Å². The molecule has 9 N–H and O–H groups in total. The molecule has 0 aliphatic carbocycles. The number of carbonyl (C=O) groups excluding carboxylic acids is 4. The standard InChI is InChI=1S/C52H58N6O18/c1-2-44(62)55-40(49(67)53-27-45(63)54-31-5-10-37-36(23-31)50(68)76-52(37)38-11-6-33(60)25-41(38)74-42-26-34(61)7-12-39(42)52)24-32-28-58(57-56-32)14-16-69-17-18-70-19-20-71-21-22-72-35-8-3-30(4-9-35)13-15-73-51-48(66)47(65)46(64)43(29-59)75-51/h2-12,23,25-26,28,40,43,46-48,51,59-61,64-66H,1,13-22,24,27,29H2,(H,53,67)(H,54,63)(H,55,62)/t40-,43+,46+,47-,48+,51+/m0/s1. The van der Waals surface area contributed by atoms with Crippen LogP contribution in [0.15, 0.2) is 97.7 Å². The number of carbonyl (C=O) groups is 4. The van der Waals surface area contributed by atoms with Gasteiger partial charge in [-0.1, -0.05) is 30.0 Å². The number of anilines is 1. The Hall–Kier alpha value is -7.52. The maximum Gasteiger partial charge on any atom is 0.340 e. The number of benzene rings is 4. The van der Waals surface area contributed by atoms with Gasteiger partial charge in [-0.25, -0.2) is 9.48 Å². The lowest BCUT2D eigenvalue weighted by Crippen LogP contribution is -2.59. The fourth-order valence-electron chi connectivity index (χ4n) is 8.64. The summed E-state index contributed by atoms with van der Waals surface area (Å²) in [4.78, 5) is 52.3. The number of nitrogens with zero attached hydrogens (tertiary/aromatic N) is 3. The highest BCUT2D eigenvalue weighted by atomic mass is 16.7. The van der Waals surface area contributed by atoms with E-state index in [1.165, 1.54) is 35.0 Å². The van der Waals surface area contributed by atoms with E-state index in [1.807, 2.05) is 12.1 Å². The average molecular weight is 1060 g/mol. The van der Waals surface area contributed by atoms with Crippen molar-refractivity contribution in [3.8, 4) is 28.7 Å². The summed E-state index contributed by atoms with van der Waals surface area (Å²) in [5.41, 5.74) is 1.51. The molecule has 5 aromatic rings. The third-order valence-electron chi connectivity index (χ3n) is 12.4. The van der Waals surface area contributed by atoms with Gasteiger partial charge in [-0.3, -0.25) is 14.4 Å². The van der Waals surface area contributed by atoms with Crippen molar-refractivity contribution < 1.29 is 87.7 Å². The van der Waals surface area contributed by atoms with Gasteiger partial charge in [0.2, 0.25) is 17.7 Å². The van der Waals surface area contributed by atoms with Gasteiger partial charge in [-0.05, 0) is 66.6 Å². The number of phenols is 2. The molecule has 1 fully saturated rings. The molecule has 1 spiro atoms. The Morgan fingerprint density at radius 1 is 0.803 bits per heavy atom. The predicted octanol–water partition coefficient (Wildman–Crippen LogP) is 0.713. The molecule has 8 rings (SSSR count). The number of ether oxygens (including phenoxy) is 8. The van der Waals surface area contributed by atoms with Gasteiger partial charge in [0.25, 0.3) is 0 Å². The lowest BCUT2D eigenvalue weighted by atomic mass is 9.77. The van der Waals surface area contributed by atoms with Gasteiger partial charge < -0.3 is 84.5 Å². The van der Waals surface area contributed by atoms with E-state index in [9.17, 15) is 49.8 Å². The van der Waals surface area contributed by atoms with Gasteiger partial charge in [0.05, 0.1) is 77.2 Å². The molecule has 6 atom stereocenters. The lowest BCUT2D eigenvalue weighted by Gasteiger charge is -2.39. The van der Waals surface area contributed by atoms with E-state index in [0.29, 0.717) is 80.7 Å². The Morgan fingerprint density at radius 2 is 1.46 bits per heavy atom. The summed E-state index contributed by atoms with van der Waals surface area (Å²) >= 11 is 0. The van der Waals surface area contributed by atoms with Crippen molar-refractivity contribution >= 4 is 29.4 Å². The quantitative estimate of drug-likeness (QED) is 0.0209. The minimum atomic E-state index is -1.50. The molecule has 76 heavy (non-hydrogen) atoms. The molecule has 24 heteroatoms.